The summed E-state index contributed by atoms with van der Waals surface area (Å²) in [6.45, 7) is 0. The Bertz CT molecular complexity index is 903. The van der Waals surface area contributed by atoms with Crippen LogP contribution in [0.5, 0.6) is 5.75 Å². The molecule has 0 atom stereocenters. The lowest BCUT2D eigenvalue weighted by Crippen LogP contribution is -2.18. The van der Waals surface area contributed by atoms with Gasteiger partial charge in [-0.25, -0.2) is 18.1 Å². The summed E-state index contributed by atoms with van der Waals surface area (Å²) in [7, 11) is -0.706. The van der Waals surface area contributed by atoms with E-state index in [2.05, 4.69) is 24.9 Å². The summed E-state index contributed by atoms with van der Waals surface area (Å²) in [4.78, 5) is 7.62. The molecule has 0 fully saturated rings. The second-order valence-corrected chi connectivity index (χ2v) is 6.33. The summed E-state index contributed by atoms with van der Waals surface area (Å²) in [6.07, 6.45) is 3.11. The minimum atomic E-state index is -3.53. The van der Waals surface area contributed by atoms with Crippen molar-refractivity contribution in [2.75, 3.05) is 14.2 Å². The highest BCUT2D eigenvalue weighted by Gasteiger charge is 2.17. The van der Waals surface area contributed by atoms with E-state index in [1.54, 1.807) is 18.5 Å². The number of H-pyrrole nitrogens is 1. The Morgan fingerprint density at radius 2 is 2.00 bits per heavy atom. The van der Waals surface area contributed by atoms with E-state index < -0.39 is 10.0 Å². The highest BCUT2D eigenvalue weighted by atomic mass is 32.2. The molecule has 3 aromatic rings. The van der Waals surface area contributed by atoms with Gasteiger partial charge in [-0.2, -0.15) is 10.2 Å². The summed E-state index contributed by atoms with van der Waals surface area (Å²) in [5.41, 5.74) is 2.05. The number of benzene rings is 1. The quantitative estimate of drug-likeness (QED) is 0.740. The zero-order chi connectivity index (χ0) is 15.7. The lowest BCUT2D eigenvalue weighted by atomic mass is 10.2. The second-order valence-electron chi connectivity index (χ2n) is 4.44. The fourth-order valence-electron chi connectivity index (χ4n) is 2.06. The fourth-order valence-corrected chi connectivity index (χ4v) is 2.80. The molecule has 0 aliphatic heterocycles. The summed E-state index contributed by atoms with van der Waals surface area (Å²) < 4.78 is 31.3. The van der Waals surface area contributed by atoms with Crippen LogP contribution in [0.2, 0.25) is 0 Å². The van der Waals surface area contributed by atoms with Gasteiger partial charge in [0.15, 0.2) is 0 Å². The van der Waals surface area contributed by atoms with Crippen LogP contribution in [0.25, 0.3) is 22.4 Å². The molecule has 0 bridgehead atoms. The van der Waals surface area contributed by atoms with Crippen LogP contribution >= 0.6 is 0 Å². The monoisotopic (exact) mass is 319 g/mol. The molecule has 0 spiro atoms. The zero-order valence-corrected chi connectivity index (χ0v) is 12.7. The number of ether oxygens (including phenoxy) is 1. The number of nitrogens with zero attached hydrogens (tertiary/aromatic N) is 3. The van der Waals surface area contributed by atoms with Gasteiger partial charge in [0, 0.05) is 6.07 Å². The van der Waals surface area contributed by atoms with Crippen LogP contribution in [0, 0.1) is 0 Å². The van der Waals surface area contributed by atoms with Gasteiger partial charge >= 0.3 is 0 Å². The molecule has 114 valence electrons. The van der Waals surface area contributed by atoms with Gasteiger partial charge in [-0.05, 0) is 19.2 Å². The Morgan fingerprint density at radius 3 is 2.68 bits per heavy atom. The summed E-state index contributed by atoms with van der Waals surface area (Å²) >= 11 is 0. The number of fused-ring (bicyclic) bond motifs is 1. The molecule has 2 N–H and O–H groups in total. The maximum Gasteiger partial charge on any atom is 0.240 e. The maximum atomic E-state index is 11.9. The van der Waals surface area contributed by atoms with Crippen molar-refractivity contribution in [3.05, 3.63) is 30.6 Å². The van der Waals surface area contributed by atoms with Crippen LogP contribution in [-0.4, -0.2) is 42.7 Å². The molecule has 0 saturated carbocycles. The van der Waals surface area contributed by atoms with Crippen molar-refractivity contribution in [1.82, 2.24) is 24.9 Å². The Balaban J connectivity index is 2.14. The zero-order valence-electron chi connectivity index (χ0n) is 11.9. The predicted molar refractivity (Wildman–Crippen MR) is 79.9 cm³/mol. The molecule has 1 aromatic carbocycles. The first-order valence-corrected chi connectivity index (χ1v) is 7.82. The van der Waals surface area contributed by atoms with Crippen molar-refractivity contribution >= 4 is 21.1 Å². The van der Waals surface area contributed by atoms with Crippen LogP contribution in [0.1, 0.15) is 0 Å². The third-order valence-corrected chi connectivity index (χ3v) is 4.61. The summed E-state index contributed by atoms with van der Waals surface area (Å²) in [5.74, 6) is 0.950. The minimum Gasteiger partial charge on any atom is -0.496 e. The topological polar surface area (TPSA) is 110 Å². The number of hydrogen-bond acceptors (Lipinski definition) is 6. The third kappa shape index (κ3) is 2.40. The van der Waals surface area contributed by atoms with Crippen LogP contribution in [0.4, 0.5) is 0 Å². The van der Waals surface area contributed by atoms with E-state index in [0.717, 1.165) is 5.52 Å². The largest absolute Gasteiger partial charge is 0.496 e. The number of nitrogens with one attached hydrogen (secondary N) is 2. The number of imidazole rings is 1. The number of methoxy groups -OCH3 is 1. The minimum absolute atomic E-state index is 0.120. The first-order chi connectivity index (χ1) is 10.5. The fraction of sp³-hybridized carbons (Fsp3) is 0.154. The van der Waals surface area contributed by atoms with Crippen molar-refractivity contribution in [1.29, 1.82) is 0 Å². The number of sulfonamides is 1. The molecule has 0 saturated heterocycles. The molecule has 3 rings (SSSR count). The van der Waals surface area contributed by atoms with E-state index in [0.29, 0.717) is 22.7 Å². The SMILES string of the molecule is CNS(=O)(=O)c1ccc(-c2nc3cnncc3[nH]2)c(OC)c1. The molecular formula is C13H13N5O3S. The van der Waals surface area contributed by atoms with Crippen LogP contribution < -0.4 is 9.46 Å². The lowest BCUT2D eigenvalue weighted by molar-refractivity contribution is 0.415. The number of rotatable bonds is 4. The number of aromatic nitrogens is 4. The Morgan fingerprint density at radius 1 is 1.23 bits per heavy atom. The lowest BCUT2D eigenvalue weighted by Gasteiger charge is -2.09. The van der Waals surface area contributed by atoms with Crippen molar-refractivity contribution in [2.24, 2.45) is 0 Å². The van der Waals surface area contributed by atoms with Crippen molar-refractivity contribution in [3.8, 4) is 17.1 Å². The summed E-state index contributed by atoms with van der Waals surface area (Å²) in [5, 5.41) is 7.55. The van der Waals surface area contributed by atoms with Crippen LogP contribution in [-0.2, 0) is 10.0 Å². The highest BCUT2D eigenvalue weighted by Crippen LogP contribution is 2.31. The molecule has 0 unspecified atom stereocenters. The van der Waals surface area contributed by atoms with E-state index in [1.165, 1.54) is 26.3 Å². The molecule has 22 heavy (non-hydrogen) atoms. The van der Waals surface area contributed by atoms with E-state index in [4.69, 9.17) is 4.74 Å². The van der Waals surface area contributed by atoms with Crippen LogP contribution in [0.3, 0.4) is 0 Å². The van der Waals surface area contributed by atoms with E-state index in [-0.39, 0.29) is 4.90 Å². The standard InChI is InChI=1S/C13H13N5O3S/c1-14-22(19,20)8-3-4-9(12(5-8)21-2)13-17-10-6-15-16-7-11(10)18-13/h3-7,14H,1-2H3,(H,17,18). The average Bonchev–Trinajstić information content (AvgIpc) is 2.98. The van der Waals surface area contributed by atoms with Gasteiger partial charge in [0.1, 0.15) is 17.1 Å². The van der Waals surface area contributed by atoms with Gasteiger partial charge in [-0.1, -0.05) is 0 Å². The van der Waals surface area contributed by atoms with Crippen molar-refractivity contribution in [2.45, 2.75) is 4.90 Å². The molecule has 9 heteroatoms. The maximum absolute atomic E-state index is 11.9. The highest BCUT2D eigenvalue weighted by molar-refractivity contribution is 7.89. The molecule has 2 heterocycles. The first kappa shape index (κ1) is 14.4. The Labute approximate surface area is 126 Å². The number of aromatic amines is 1. The second kappa shape index (κ2) is 5.35. The molecule has 0 amide bonds. The number of hydrogen-bond donors (Lipinski definition) is 2. The molecule has 2 aromatic heterocycles. The average molecular weight is 319 g/mol. The van der Waals surface area contributed by atoms with Gasteiger partial charge in [0.05, 0.1) is 35.5 Å². The van der Waals surface area contributed by atoms with Crippen molar-refractivity contribution in [3.63, 3.8) is 0 Å². The van der Waals surface area contributed by atoms with Gasteiger partial charge in [-0.3, -0.25) is 0 Å². The van der Waals surface area contributed by atoms with Gasteiger partial charge in [0.25, 0.3) is 0 Å². The third-order valence-electron chi connectivity index (χ3n) is 3.20. The molecular weight excluding hydrogens is 306 g/mol. The van der Waals surface area contributed by atoms with Gasteiger partial charge in [-0.15, -0.1) is 0 Å². The van der Waals surface area contributed by atoms with E-state index >= 15 is 0 Å². The molecule has 0 radical (unpaired) electrons. The first-order valence-electron chi connectivity index (χ1n) is 6.33. The van der Waals surface area contributed by atoms with Gasteiger partial charge < -0.3 is 9.72 Å². The van der Waals surface area contributed by atoms with E-state index in [1.807, 2.05) is 0 Å². The smallest absolute Gasteiger partial charge is 0.240 e. The van der Waals surface area contributed by atoms with Gasteiger partial charge in [0.2, 0.25) is 10.0 Å². The molecule has 8 nitrogen and oxygen atoms in total. The normalized spacial score (nSPS) is 11.7. The Kier molecular flexibility index (Phi) is 3.51. The van der Waals surface area contributed by atoms with E-state index in [9.17, 15) is 8.42 Å². The molecule has 0 aliphatic rings. The summed E-state index contributed by atoms with van der Waals surface area (Å²) in [6, 6.07) is 4.58. The molecule has 0 aliphatic carbocycles. The van der Waals surface area contributed by atoms with Crippen molar-refractivity contribution < 1.29 is 13.2 Å². The Hall–Kier alpha value is -2.52. The predicted octanol–water partition coefficient (Wildman–Crippen LogP) is 0.937. The van der Waals surface area contributed by atoms with Crippen LogP contribution in [0.15, 0.2) is 35.5 Å².